The van der Waals surface area contributed by atoms with Crippen LogP contribution < -0.4 is 4.74 Å². The summed E-state index contributed by atoms with van der Waals surface area (Å²) >= 11 is 0. The van der Waals surface area contributed by atoms with Crippen molar-refractivity contribution in [3.8, 4) is 5.75 Å². The Labute approximate surface area is 199 Å². The number of benzene rings is 2. The van der Waals surface area contributed by atoms with Gasteiger partial charge in [0.15, 0.2) is 0 Å². The summed E-state index contributed by atoms with van der Waals surface area (Å²) < 4.78 is 13.0. The molecule has 1 aliphatic rings. The van der Waals surface area contributed by atoms with Gasteiger partial charge in [0.1, 0.15) is 11.5 Å². The molecule has 7 nitrogen and oxygen atoms in total. The summed E-state index contributed by atoms with van der Waals surface area (Å²) in [4.78, 5) is 27.8. The van der Waals surface area contributed by atoms with Crippen molar-refractivity contribution in [1.82, 2.24) is 9.47 Å². The molecule has 1 aromatic heterocycles. The lowest BCUT2D eigenvalue weighted by atomic mass is 9.94. The average molecular weight is 463 g/mol. The summed E-state index contributed by atoms with van der Waals surface area (Å²) in [5.41, 5.74) is 3.12. The van der Waals surface area contributed by atoms with Gasteiger partial charge < -0.3 is 24.0 Å². The lowest BCUT2D eigenvalue weighted by Gasteiger charge is -2.24. The minimum absolute atomic E-state index is 0.00983. The zero-order valence-corrected chi connectivity index (χ0v) is 20.2. The largest absolute Gasteiger partial charge is 0.507 e. The molecular weight excluding hydrogens is 432 g/mol. The Morgan fingerprint density at radius 1 is 1.15 bits per heavy atom. The molecule has 0 aliphatic carbocycles. The van der Waals surface area contributed by atoms with Gasteiger partial charge in [-0.15, -0.1) is 0 Å². The van der Waals surface area contributed by atoms with Crippen LogP contribution in [-0.4, -0.2) is 52.6 Å². The minimum atomic E-state index is -0.729. The van der Waals surface area contributed by atoms with Crippen molar-refractivity contribution in [2.24, 2.45) is 7.05 Å². The van der Waals surface area contributed by atoms with Crippen LogP contribution in [0.2, 0.25) is 0 Å². The number of ketones is 1. The number of fused-ring (bicyclic) bond motifs is 1. The topological polar surface area (TPSA) is 81.0 Å². The number of aromatic nitrogens is 1. The van der Waals surface area contributed by atoms with Crippen LogP contribution in [0.4, 0.5) is 0 Å². The van der Waals surface area contributed by atoms with Crippen molar-refractivity contribution in [3.63, 3.8) is 0 Å². The van der Waals surface area contributed by atoms with E-state index in [0.29, 0.717) is 11.3 Å². The van der Waals surface area contributed by atoms with Gasteiger partial charge in [0.05, 0.1) is 24.3 Å². The number of rotatable bonds is 7. The number of hydrogen-bond donors (Lipinski definition) is 1. The van der Waals surface area contributed by atoms with Crippen LogP contribution in [0.5, 0.6) is 5.75 Å². The molecule has 7 heteroatoms. The number of hydrogen-bond acceptors (Lipinski definition) is 5. The summed E-state index contributed by atoms with van der Waals surface area (Å²) in [5, 5.41) is 12.3. The van der Waals surface area contributed by atoms with Crippen molar-refractivity contribution >= 4 is 28.4 Å². The summed E-state index contributed by atoms with van der Waals surface area (Å²) in [6, 6.07) is 12.3. The molecular formula is C27H30N2O5. The van der Waals surface area contributed by atoms with Crippen LogP contribution in [0.1, 0.15) is 36.6 Å². The van der Waals surface area contributed by atoms with E-state index in [4.69, 9.17) is 9.47 Å². The highest BCUT2D eigenvalue weighted by molar-refractivity contribution is 6.46. The second kappa shape index (κ2) is 9.35. The van der Waals surface area contributed by atoms with Gasteiger partial charge >= 0.3 is 0 Å². The van der Waals surface area contributed by atoms with Gasteiger partial charge in [0, 0.05) is 48.9 Å². The SMILES string of the molecule is COCCN1C(=O)C(=O)/C(=C(/O)c2ccc(OC(C)C)c(C)c2)C1c1cn(C)c2ccccc12. The van der Waals surface area contributed by atoms with E-state index in [9.17, 15) is 14.7 Å². The molecule has 34 heavy (non-hydrogen) atoms. The quantitative estimate of drug-likeness (QED) is 0.321. The van der Waals surface area contributed by atoms with E-state index < -0.39 is 17.7 Å². The molecule has 1 unspecified atom stereocenters. The average Bonchev–Trinajstić information content (AvgIpc) is 3.26. The van der Waals surface area contributed by atoms with E-state index in [2.05, 4.69) is 0 Å². The first-order valence-electron chi connectivity index (χ1n) is 11.3. The number of carbonyl (C=O) groups is 2. The normalized spacial score (nSPS) is 17.8. The number of aryl methyl sites for hydroxylation is 2. The number of para-hydroxylation sites is 1. The Kier molecular flexibility index (Phi) is 6.48. The summed E-state index contributed by atoms with van der Waals surface area (Å²) in [5.74, 6) is -0.840. The molecule has 1 amide bonds. The highest BCUT2D eigenvalue weighted by Gasteiger charge is 2.46. The number of aliphatic hydroxyl groups is 1. The van der Waals surface area contributed by atoms with Crippen LogP contribution in [0, 0.1) is 6.92 Å². The van der Waals surface area contributed by atoms with Gasteiger partial charge in [-0.05, 0) is 50.6 Å². The molecule has 178 valence electrons. The number of ether oxygens (including phenoxy) is 2. The molecule has 2 heterocycles. The van der Waals surface area contributed by atoms with Crippen LogP contribution in [-0.2, 0) is 21.4 Å². The molecule has 3 aromatic rings. The summed E-state index contributed by atoms with van der Waals surface area (Å²) in [6.07, 6.45) is 1.93. The molecule has 1 fully saturated rings. The molecule has 2 aromatic carbocycles. The second-order valence-corrected chi connectivity index (χ2v) is 8.84. The molecule has 0 radical (unpaired) electrons. The molecule has 1 saturated heterocycles. The minimum Gasteiger partial charge on any atom is -0.507 e. The second-order valence-electron chi connectivity index (χ2n) is 8.84. The number of likely N-dealkylation sites (tertiary alicyclic amines) is 1. The molecule has 1 N–H and O–H groups in total. The molecule has 0 saturated carbocycles. The smallest absolute Gasteiger partial charge is 0.295 e. The third-order valence-corrected chi connectivity index (χ3v) is 6.11. The maximum atomic E-state index is 13.2. The van der Waals surface area contributed by atoms with E-state index >= 15 is 0 Å². The Bertz CT molecular complexity index is 1290. The summed E-state index contributed by atoms with van der Waals surface area (Å²) in [6.45, 7) is 6.27. The van der Waals surface area contributed by atoms with Crippen LogP contribution in [0.25, 0.3) is 16.7 Å². The van der Waals surface area contributed by atoms with Crippen molar-refractivity contribution in [2.75, 3.05) is 20.3 Å². The van der Waals surface area contributed by atoms with E-state index in [1.54, 1.807) is 25.3 Å². The van der Waals surface area contributed by atoms with Gasteiger partial charge in [-0.25, -0.2) is 0 Å². The monoisotopic (exact) mass is 462 g/mol. The fraction of sp³-hybridized carbons (Fsp3) is 0.333. The Morgan fingerprint density at radius 2 is 1.88 bits per heavy atom. The number of amides is 1. The Hall–Kier alpha value is -3.58. The maximum Gasteiger partial charge on any atom is 0.295 e. The predicted molar refractivity (Wildman–Crippen MR) is 131 cm³/mol. The molecule has 4 rings (SSSR count). The molecule has 1 aliphatic heterocycles. The van der Waals surface area contributed by atoms with Gasteiger partial charge in [-0.3, -0.25) is 9.59 Å². The number of carbonyl (C=O) groups excluding carboxylic acids is 2. The van der Waals surface area contributed by atoms with E-state index in [1.807, 2.05) is 62.8 Å². The zero-order chi connectivity index (χ0) is 24.6. The van der Waals surface area contributed by atoms with Crippen molar-refractivity contribution in [1.29, 1.82) is 0 Å². The van der Waals surface area contributed by atoms with Crippen LogP contribution in [0.15, 0.2) is 54.2 Å². The first-order valence-corrected chi connectivity index (χ1v) is 11.3. The van der Waals surface area contributed by atoms with E-state index in [1.165, 1.54) is 4.90 Å². The standard InChI is InChI=1S/C27H30N2O5/c1-16(2)34-22-11-10-18(14-17(22)3)25(30)23-24(29(12-13-33-5)27(32)26(23)31)20-15-28(4)21-9-7-6-8-19(20)21/h6-11,14-16,24,30H,12-13H2,1-5H3/b25-23+. The number of aliphatic hydroxyl groups excluding tert-OH is 1. The van der Waals surface area contributed by atoms with Gasteiger partial charge in [-0.1, -0.05) is 18.2 Å². The highest BCUT2D eigenvalue weighted by Crippen LogP contribution is 2.42. The van der Waals surface area contributed by atoms with Gasteiger partial charge in [0.2, 0.25) is 0 Å². The first kappa shape index (κ1) is 23.6. The third kappa shape index (κ3) is 4.07. The third-order valence-electron chi connectivity index (χ3n) is 6.11. The van der Waals surface area contributed by atoms with Crippen molar-refractivity contribution < 1.29 is 24.2 Å². The lowest BCUT2D eigenvalue weighted by Crippen LogP contribution is -2.32. The van der Waals surface area contributed by atoms with Crippen LogP contribution in [0.3, 0.4) is 0 Å². The molecule has 0 bridgehead atoms. The van der Waals surface area contributed by atoms with Crippen molar-refractivity contribution in [2.45, 2.75) is 32.9 Å². The van der Waals surface area contributed by atoms with Crippen molar-refractivity contribution in [3.05, 3.63) is 70.9 Å². The van der Waals surface area contributed by atoms with E-state index in [-0.39, 0.29) is 30.6 Å². The first-order chi connectivity index (χ1) is 16.2. The maximum absolute atomic E-state index is 13.2. The Morgan fingerprint density at radius 3 is 2.56 bits per heavy atom. The van der Waals surface area contributed by atoms with E-state index in [0.717, 1.165) is 22.0 Å². The number of Topliss-reactive ketones (excluding diaryl/α,β-unsaturated/α-hetero) is 1. The van der Waals surface area contributed by atoms with Gasteiger partial charge in [-0.2, -0.15) is 0 Å². The molecule has 1 atom stereocenters. The fourth-order valence-corrected chi connectivity index (χ4v) is 4.55. The van der Waals surface area contributed by atoms with Gasteiger partial charge in [0.25, 0.3) is 11.7 Å². The predicted octanol–water partition coefficient (Wildman–Crippen LogP) is 4.34. The zero-order valence-electron chi connectivity index (χ0n) is 20.2. The highest BCUT2D eigenvalue weighted by atomic mass is 16.5. The molecule has 0 spiro atoms. The fourth-order valence-electron chi connectivity index (χ4n) is 4.55. The lowest BCUT2D eigenvalue weighted by molar-refractivity contribution is -0.140. The Balaban J connectivity index is 1.90. The summed E-state index contributed by atoms with van der Waals surface area (Å²) in [7, 11) is 3.47. The number of methoxy groups -OCH3 is 1. The van der Waals surface area contributed by atoms with Crippen LogP contribution >= 0.6 is 0 Å². The number of nitrogens with zero attached hydrogens (tertiary/aromatic N) is 2.